The molecule has 0 aromatic carbocycles. The van der Waals surface area contributed by atoms with E-state index in [1.54, 1.807) is 0 Å². The molecule has 110 valence electrons. The van der Waals surface area contributed by atoms with Crippen LogP contribution in [0.3, 0.4) is 0 Å². The second kappa shape index (κ2) is 5.85. The highest BCUT2D eigenvalue weighted by Gasteiger charge is 2.20. The monoisotopic (exact) mass is 277 g/mol. The van der Waals surface area contributed by atoms with E-state index in [1.165, 1.54) is 36.5 Å². The fraction of sp³-hybridized carbons (Fsp3) is 0.538. The summed E-state index contributed by atoms with van der Waals surface area (Å²) in [5.74, 6) is 6.48. The highest BCUT2D eigenvalue weighted by molar-refractivity contribution is 5.34. The van der Waals surface area contributed by atoms with E-state index >= 15 is 0 Å². The highest BCUT2D eigenvalue weighted by atomic mass is 15.5. The van der Waals surface area contributed by atoms with E-state index in [0.717, 1.165) is 6.42 Å². The van der Waals surface area contributed by atoms with E-state index in [9.17, 15) is 0 Å². The number of aromatic nitrogens is 2. The molecule has 1 aliphatic rings. The van der Waals surface area contributed by atoms with Crippen molar-refractivity contribution in [2.45, 2.75) is 38.6 Å². The van der Waals surface area contributed by atoms with Gasteiger partial charge in [-0.2, -0.15) is 9.89 Å². The number of nitrogens with two attached hydrogens (primary N) is 4. The first-order valence-corrected chi connectivity index (χ1v) is 6.89. The Labute approximate surface area is 117 Å². The molecule has 1 aromatic rings. The van der Waals surface area contributed by atoms with E-state index in [-0.39, 0.29) is 11.9 Å². The van der Waals surface area contributed by atoms with Gasteiger partial charge in [-0.1, -0.05) is 19.8 Å². The van der Waals surface area contributed by atoms with Gasteiger partial charge in [0.2, 0.25) is 0 Å². The predicted molar refractivity (Wildman–Crippen MR) is 79.0 cm³/mol. The third kappa shape index (κ3) is 2.71. The molecule has 1 fully saturated rings. The second-order valence-electron chi connectivity index (χ2n) is 5.32. The lowest BCUT2D eigenvalue weighted by Crippen LogP contribution is -2.53. The van der Waals surface area contributed by atoms with Crippen LogP contribution < -0.4 is 39.0 Å². The molecule has 7 nitrogen and oxygen atoms in total. The summed E-state index contributed by atoms with van der Waals surface area (Å²) in [4.78, 5) is 6.01. The molecule has 7 heteroatoms. The SMILES string of the molecule is CC1CCCCC1N=c1c(=C(N)N)cnn(N)/c1=C\N. The number of rotatable bonds is 1. The van der Waals surface area contributed by atoms with Crippen molar-refractivity contribution < 1.29 is 0 Å². The molecule has 1 aliphatic carbocycles. The van der Waals surface area contributed by atoms with Crippen LogP contribution >= 0.6 is 0 Å². The molecule has 1 heterocycles. The minimum absolute atomic E-state index is 0.170. The van der Waals surface area contributed by atoms with Gasteiger partial charge in [0.05, 0.1) is 22.8 Å². The van der Waals surface area contributed by atoms with Gasteiger partial charge in [0.15, 0.2) is 0 Å². The maximum Gasteiger partial charge on any atom is 0.124 e. The molecule has 8 N–H and O–H groups in total. The largest absolute Gasteiger partial charge is 0.403 e. The van der Waals surface area contributed by atoms with Gasteiger partial charge in [-0.05, 0) is 18.8 Å². The van der Waals surface area contributed by atoms with Gasteiger partial charge in [-0.3, -0.25) is 4.99 Å². The maximum absolute atomic E-state index is 5.78. The Balaban J connectivity index is 2.72. The molecule has 2 rings (SSSR count). The third-order valence-electron chi connectivity index (χ3n) is 3.89. The van der Waals surface area contributed by atoms with Crippen LogP contribution in [-0.4, -0.2) is 15.9 Å². The topological polar surface area (TPSA) is 134 Å². The van der Waals surface area contributed by atoms with Crippen LogP contribution in [0.4, 0.5) is 0 Å². The van der Waals surface area contributed by atoms with Crippen molar-refractivity contribution in [3.63, 3.8) is 0 Å². The molecule has 2 unspecified atom stereocenters. The summed E-state index contributed by atoms with van der Waals surface area (Å²) in [5, 5.41) is 5.72. The summed E-state index contributed by atoms with van der Waals surface area (Å²) in [6.45, 7) is 2.21. The van der Waals surface area contributed by atoms with Gasteiger partial charge in [0, 0.05) is 6.20 Å². The quantitative estimate of drug-likeness (QED) is 0.430. The number of hydrogen-bond acceptors (Lipinski definition) is 6. The van der Waals surface area contributed by atoms with Gasteiger partial charge in [-0.25, -0.2) is 0 Å². The number of nitrogen functional groups attached to an aromatic ring is 1. The van der Waals surface area contributed by atoms with Crippen LogP contribution in [-0.2, 0) is 0 Å². The molecule has 0 radical (unpaired) electrons. The summed E-state index contributed by atoms with van der Waals surface area (Å²) < 4.78 is 0. The lowest BCUT2D eigenvalue weighted by atomic mass is 9.86. The Morgan fingerprint density at radius 2 is 2.10 bits per heavy atom. The van der Waals surface area contributed by atoms with E-state index < -0.39 is 0 Å². The average Bonchev–Trinajstić information content (AvgIpc) is 2.41. The Bertz CT molecular complexity index is 654. The van der Waals surface area contributed by atoms with Crippen LogP contribution in [0.15, 0.2) is 11.2 Å². The van der Waals surface area contributed by atoms with Crippen LogP contribution in [0, 0.1) is 5.92 Å². The highest BCUT2D eigenvalue weighted by Crippen LogP contribution is 2.25. The molecular formula is C13H23N7. The van der Waals surface area contributed by atoms with Gasteiger partial charge >= 0.3 is 0 Å². The van der Waals surface area contributed by atoms with E-state index in [0.29, 0.717) is 21.8 Å². The third-order valence-corrected chi connectivity index (χ3v) is 3.89. The zero-order chi connectivity index (χ0) is 14.7. The Hall–Kier alpha value is -2.18. The minimum Gasteiger partial charge on any atom is -0.403 e. The van der Waals surface area contributed by atoms with E-state index in [1.807, 2.05) is 0 Å². The minimum atomic E-state index is 0.170. The maximum atomic E-state index is 5.78. The Kier molecular flexibility index (Phi) is 4.16. The zero-order valence-electron chi connectivity index (χ0n) is 11.8. The summed E-state index contributed by atoms with van der Waals surface area (Å²) in [6, 6.07) is 0.239. The molecule has 0 saturated heterocycles. The van der Waals surface area contributed by atoms with Gasteiger partial charge in [-0.15, -0.1) is 0 Å². The summed E-state index contributed by atoms with van der Waals surface area (Å²) in [5.41, 5.74) is 17.1. The fourth-order valence-electron chi connectivity index (χ4n) is 2.65. The van der Waals surface area contributed by atoms with Crippen molar-refractivity contribution in [1.29, 1.82) is 0 Å². The number of nitrogens with zero attached hydrogens (tertiary/aromatic N) is 3. The van der Waals surface area contributed by atoms with E-state index in [2.05, 4.69) is 12.0 Å². The van der Waals surface area contributed by atoms with Crippen molar-refractivity contribution in [3.05, 3.63) is 22.1 Å². The van der Waals surface area contributed by atoms with Crippen LogP contribution in [0.2, 0.25) is 0 Å². The summed E-state index contributed by atoms with van der Waals surface area (Å²) >= 11 is 0. The average molecular weight is 277 g/mol. The Morgan fingerprint density at radius 3 is 2.70 bits per heavy atom. The van der Waals surface area contributed by atoms with E-state index in [4.69, 9.17) is 28.0 Å². The van der Waals surface area contributed by atoms with Crippen molar-refractivity contribution in [2.24, 2.45) is 28.1 Å². The molecule has 20 heavy (non-hydrogen) atoms. The normalized spacial score (nSPS) is 24.9. The molecule has 1 saturated carbocycles. The second-order valence-corrected chi connectivity index (χ2v) is 5.32. The molecular weight excluding hydrogens is 254 g/mol. The standard InChI is InChI=1S/C13H23N7/c1-8-4-2-3-5-10(8)19-12-9(13(15)16)7-18-20(17)11(12)6-14/h6-8,10H,2-5,14-17H2,1H3/b11-6-,19-12?. The molecule has 2 atom stereocenters. The lowest BCUT2D eigenvalue weighted by Gasteiger charge is -2.25. The van der Waals surface area contributed by atoms with Gasteiger partial charge < -0.3 is 23.0 Å². The predicted octanol–water partition coefficient (Wildman–Crippen LogP) is -2.24. The smallest absolute Gasteiger partial charge is 0.124 e. The number of hydrogen-bond donors (Lipinski definition) is 4. The first-order valence-electron chi connectivity index (χ1n) is 6.89. The Morgan fingerprint density at radius 1 is 1.40 bits per heavy atom. The summed E-state index contributed by atoms with van der Waals surface area (Å²) in [6.07, 6.45) is 7.59. The van der Waals surface area contributed by atoms with Crippen LogP contribution in [0.1, 0.15) is 32.6 Å². The molecule has 0 bridgehead atoms. The fourth-order valence-corrected chi connectivity index (χ4v) is 2.65. The van der Waals surface area contributed by atoms with Gasteiger partial charge in [0.25, 0.3) is 0 Å². The first kappa shape index (κ1) is 14.2. The molecule has 1 aromatic heterocycles. The van der Waals surface area contributed by atoms with Crippen molar-refractivity contribution >= 4 is 12.0 Å². The zero-order valence-corrected chi connectivity index (χ0v) is 11.8. The van der Waals surface area contributed by atoms with Crippen LogP contribution in [0.25, 0.3) is 12.0 Å². The van der Waals surface area contributed by atoms with Gasteiger partial charge in [0.1, 0.15) is 11.2 Å². The molecule has 0 spiro atoms. The van der Waals surface area contributed by atoms with Crippen LogP contribution in [0.5, 0.6) is 0 Å². The van der Waals surface area contributed by atoms with Crippen molar-refractivity contribution in [2.75, 3.05) is 5.84 Å². The molecule has 0 amide bonds. The lowest BCUT2D eigenvalue weighted by molar-refractivity contribution is 0.327. The van der Waals surface area contributed by atoms with Crippen molar-refractivity contribution in [3.8, 4) is 0 Å². The molecule has 0 aliphatic heterocycles. The first-order chi connectivity index (χ1) is 9.54. The summed E-state index contributed by atoms with van der Waals surface area (Å²) in [7, 11) is 0. The van der Waals surface area contributed by atoms with Crippen molar-refractivity contribution in [1.82, 2.24) is 9.89 Å².